The molecule has 8 heteroatoms. The summed E-state index contributed by atoms with van der Waals surface area (Å²) >= 11 is 5.55. The fourth-order valence-corrected chi connectivity index (χ4v) is 3.21. The van der Waals surface area contributed by atoms with E-state index >= 15 is 0 Å². The number of ether oxygens (including phenoxy) is 1. The second-order valence-electron chi connectivity index (χ2n) is 5.07. The first-order valence-electron chi connectivity index (χ1n) is 6.87. The van der Waals surface area contributed by atoms with E-state index in [0.29, 0.717) is 6.61 Å². The lowest BCUT2D eigenvalue weighted by Gasteiger charge is -2.08. The predicted molar refractivity (Wildman–Crippen MR) is 88.7 cm³/mol. The molecule has 1 amide bonds. The second-order valence-corrected chi connectivity index (χ2v) is 7.20. The zero-order valence-corrected chi connectivity index (χ0v) is 14.3. The molecular weight excluding hydrogens is 357 g/mol. The van der Waals surface area contributed by atoms with Crippen LogP contribution in [-0.2, 0) is 27.1 Å². The summed E-state index contributed by atoms with van der Waals surface area (Å²) in [6.07, 6.45) is 0. The third kappa shape index (κ3) is 5.02. The fourth-order valence-electron chi connectivity index (χ4n) is 2.00. The maximum Gasteiger partial charge on any atom is 0.264 e. The van der Waals surface area contributed by atoms with Crippen LogP contribution in [0, 0.1) is 5.82 Å². The van der Waals surface area contributed by atoms with E-state index in [1.165, 1.54) is 24.3 Å². The summed E-state index contributed by atoms with van der Waals surface area (Å²) in [4.78, 5) is 12.0. The van der Waals surface area contributed by atoms with Crippen LogP contribution in [0.5, 0.6) is 0 Å². The maximum absolute atomic E-state index is 13.4. The number of amides is 1. The highest BCUT2D eigenvalue weighted by Crippen LogP contribution is 2.17. The number of nitrogens with one attached hydrogen (secondary N) is 1. The summed E-state index contributed by atoms with van der Waals surface area (Å²) in [5, 5.41) is -0.101. The summed E-state index contributed by atoms with van der Waals surface area (Å²) in [7, 11) is -2.42. The third-order valence-electron chi connectivity index (χ3n) is 3.12. The Bertz CT molecular complexity index is 838. The molecule has 0 heterocycles. The molecule has 0 aliphatic carbocycles. The Morgan fingerprint density at radius 3 is 2.38 bits per heavy atom. The average Bonchev–Trinajstić information content (AvgIpc) is 2.51. The van der Waals surface area contributed by atoms with Gasteiger partial charge >= 0.3 is 0 Å². The van der Waals surface area contributed by atoms with Gasteiger partial charge in [-0.15, -0.1) is 0 Å². The van der Waals surface area contributed by atoms with Gasteiger partial charge in [-0.3, -0.25) is 4.79 Å². The van der Waals surface area contributed by atoms with Crippen molar-refractivity contribution in [1.29, 1.82) is 0 Å². The molecule has 0 aromatic heterocycles. The van der Waals surface area contributed by atoms with Crippen LogP contribution < -0.4 is 4.72 Å². The first-order chi connectivity index (χ1) is 11.3. The number of sulfonamides is 1. The van der Waals surface area contributed by atoms with E-state index in [1.807, 2.05) is 4.72 Å². The van der Waals surface area contributed by atoms with Crippen LogP contribution in [0.4, 0.5) is 4.39 Å². The molecule has 0 fully saturated rings. The summed E-state index contributed by atoms with van der Waals surface area (Å²) in [5.74, 6) is -2.01. The van der Waals surface area contributed by atoms with Crippen LogP contribution in [0.3, 0.4) is 0 Å². The number of hydrogen-bond donors (Lipinski definition) is 1. The molecule has 0 spiro atoms. The standard InChI is InChI=1S/C16H15ClFNO4S/c1-23-9-11-2-5-13(6-3-11)16(20)19-24(21,22)10-12-4-7-14(17)15(18)8-12/h2-8H,9-10H2,1H3,(H,19,20). The molecule has 0 saturated heterocycles. The lowest BCUT2D eigenvalue weighted by Crippen LogP contribution is -2.31. The summed E-state index contributed by atoms with van der Waals surface area (Å²) in [6.45, 7) is 0.391. The predicted octanol–water partition coefficient (Wildman–Crippen LogP) is 2.89. The highest BCUT2D eigenvalue weighted by atomic mass is 35.5. The number of carbonyl (C=O) groups excluding carboxylic acids is 1. The molecule has 0 atom stereocenters. The van der Waals surface area contributed by atoms with Crippen molar-refractivity contribution >= 4 is 27.5 Å². The van der Waals surface area contributed by atoms with E-state index < -0.39 is 27.5 Å². The van der Waals surface area contributed by atoms with Gasteiger partial charge in [-0.2, -0.15) is 0 Å². The van der Waals surface area contributed by atoms with Gasteiger partial charge in [0.2, 0.25) is 10.0 Å². The summed E-state index contributed by atoms with van der Waals surface area (Å²) < 4.78 is 44.4. The van der Waals surface area contributed by atoms with E-state index in [1.54, 1.807) is 19.2 Å². The van der Waals surface area contributed by atoms with Crippen molar-refractivity contribution in [2.75, 3.05) is 7.11 Å². The molecule has 2 aromatic rings. The molecule has 2 rings (SSSR count). The number of methoxy groups -OCH3 is 1. The van der Waals surface area contributed by atoms with Crippen LogP contribution in [0.1, 0.15) is 21.5 Å². The number of halogens is 2. The van der Waals surface area contributed by atoms with Crippen molar-refractivity contribution in [3.8, 4) is 0 Å². The minimum atomic E-state index is -3.97. The normalized spacial score (nSPS) is 11.3. The number of carbonyl (C=O) groups is 1. The smallest absolute Gasteiger partial charge is 0.264 e. The van der Waals surface area contributed by atoms with E-state index in [2.05, 4.69) is 0 Å². The second kappa shape index (κ2) is 7.74. The van der Waals surface area contributed by atoms with Crippen molar-refractivity contribution in [2.24, 2.45) is 0 Å². The highest BCUT2D eigenvalue weighted by molar-refractivity contribution is 7.89. The van der Waals surface area contributed by atoms with Crippen molar-refractivity contribution in [3.63, 3.8) is 0 Å². The van der Waals surface area contributed by atoms with E-state index in [9.17, 15) is 17.6 Å². The van der Waals surface area contributed by atoms with Crippen LogP contribution in [0.15, 0.2) is 42.5 Å². The van der Waals surface area contributed by atoms with Crippen molar-refractivity contribution < 1.29 is 22.3 Å². The van der Waals surface area contributed by atoms with E-state index in [-0.39, 0.29) is 16.1 Å². The first-order valence-corrected chi connectivity index (χ1v) is 8.90. The van der Waals surface area contributed by atoms with Gasteiger partial charge in [-0.25, -0.2) is 17.5 Å². The van der Waals surface area contributed by atoms with Gasteiger partial charge in [-0.05, 0) is 35.4 Å². The van der Waals surface area contributed by atoms with Gasteiger partial charge in [-0.1, -0.05) is 29.8 Å². The minimum Gasteiger partial charge on any atom is -0.380 e. The van der Waals surface area contributed by atoms with E-state index in [4.69, 9.17) is 16.3 Å². The first kappa shape index (κ1) is 18.4. The monoisotopic (exact) mass is 371 g/mol. The molecule has 0 bridgehead atoms. The van der Waals surface area contributed by atoms with Gasteiger partial charge in [0.1, 0.15) is 5.82 Å². The molecule has 2 aromatic carbocycles. The number of benzene rings is 2. The van der Waals surface area contributed by atoms with Gasteiger partial charge < -0.3 is 4.74 Å². The minimum absolute atomic E-state index is 0.101. The Hall–Kier alpha value is -1.96. The molecule has 5 nitrogen and oxygen atoms in total. The Balaban J connectivity index is 2.07. The van der Waals surface area contributed by atoms with Crippen LogP contribution >= 0.6 is 11.6 Å². The Morgan fingerprint density at radius 1 is 1.17 bits per heavy atom. The largest absolute Gasteiger partial charge is 0.380 e. The Labute approximate surface area is 144 Å². The fraction of sp³-hybridized carbons (Fsp3) is 0.188. The lowest BCUT2D eigenvalue weighted by atomic mass is 10.1. The number of rotatable bonds is 6. The summed E-state index contributed by atoms with van der Waals surface area (Å²) in [6, 6.07) is 10.00. The van der Waals surface area contributed by atoms with Gasteiger partial charge in [0.15, 0.2) is 0 Å². The van der Waals surface area contributed by atoms with Crippen molar-refractivity contribution in [2.45, 2.75) is 12.4 Å². The van der Waals surface area contributed by atoms with Crippen molar-refractivity contribution in [1.82, 2.24) is 4.72 Å². The van der Waals surface area contributed by atoms with Crippen LogP contribution in [0.25, 0.3) is 0 Å². The van der Waals surface area contributed by atoms with E-state index in [0.717, 1.165) is 11.6 Å². The van der Waals surface area contributed by atoms with Gasteiger partial charge in [0.05, 0.1) is 17.4 Å². The lowest BCUT2D eigenvalue weighted by molar-refractivity contribution is 0.0981. The molecule has 24 heavy (non-hydrogen) atoms. The van der Waals surface area contributed by atoms with Crippen LogP contribution in [-0.4, -0.2) is 21.4 Å². The third-order valence-corrected chi connectivity index (χ3v) is 4.63. The maximum atomic E-state index is 13.4. The molecule has 0 aliphatic rings. The molecule has 1 N–H and O–H groups in total. The zero-order chi connectivity index (χ0) is 17.7. The summed E-state index contributed by atoms with van der Waals surface area (Å²) in [5.41, 5.74) is 1.24. The molecule has 128 valence electrons. The molecule has 0 aliphatic heterocycles. The van der Waals surface area contributed by atoms with Gasteiger partial charge in [0, 0.05) is 12.7 Å². The zero-order valence-electron chi connectivity index (χ0n) is 12.8. The Morgan fingerprint density at radius 2 is 1.79 bits per heavy atom. The number of hydrogen-bond acceptors (Lipinski definition) is 4. The average molecular weight is 372 g/mol. The molecule has 0 unspecified atom stereocenters. The SMILES string of the molecule is COCc1ccc(C(=O)NS(=O)(=O)Cc2ccc(Cl)c(F)c2)cc1. The Kier molecular flexibility index (Phi) is 5.93. The quantitative estimate of drug-likeness (QED) is 0.847. The van der Waals surface area contributed by atoms with Crippen molar-refractivity contribution in [3.05, 3.63) is 70.0 Å². The highest BCUT2D eigenvalue weighted by Gasteiger charge is 2.17. The molecular formula is C16H15ClFNO4S. The van der Waals surface area contributed by atoms with Crippen LogP contribution in [0.2, 0.25) is 5.02 Å². The molecule has 0 radical (unpaired) electrons. The molecule has 0 saturated carbocycles. The van der Waals surface area contributed by atoms with Gasteiger partial charge in [0.25, 0.3) is 5.91 Å². The topological polar surface area (TPSA) is 72.5 Å².